The van der Waals surface area contributed by atoms with Gasteiger partial charge < -0.3 is 9.47 Å². The molecular weight excluding hydrogens is 383 g/mol. The van der Waals surface area contributed by atoms with Gasteiger partial charge in [0.2, 0.25) is 5.16 Å². The molecule has 1 aromatic heterocycles. The van der Waals surface area contributed by atoms with E-state index in [0.717, 1.165) is 5.75 Å². The molecule has 144 valence electrons. The van der Waals surface area contributed by atoms with Gasteiger partial charge in [-0.05, 0) is 36.4 Å². The van der Waals surface area contributed by atoms with Gasteiger partial charge in [-0.1, -0.05) is 23.9 Å². The fraction of sp³-hybridized carbons (Fsp3) is 0.211. The van der Waals surface area contributed by atoms with Crippen LogP contribution in [0, 0.1) is 5.82 Å². The maximum Gasteiger partial charge on any atom is 0.275 e. The number of aromatic nitrogens is 3. The second-order valence-electron chi connectivity index (χ2n) is 5.93. The Labute approximate surface area is 165 Å². The normalized spacial score (nSPS) is 13.1. The number of amides is 1. The molecule has 0 saturated heterocycles. The zero-order valence-corrected chi connectivity index (χ0v) is 15.9. The van der Waals surface area contributed by atoms with Crippen molar-refractivity contribution in [3.8, 4) is 11.5 Å². The molecule has 7 nitrogen and oxygen atoms in total. The molecular formula is C19H17FN4O3S. The minimum Gasteiger partial charge on any atom is -0.497 e. The van der Waals surface area contributed by atoms with E-state index in [4.69, 9.17) is 9.47 Å². The average molecular weight is 400 g/mol. The molecule has 2 aromatic carbocycles. The molecule has 1 aliphatic rings. The van der Waals surface area contributed by atoms with Crippen molar-refractivity contribution in [3.05, 3.63) is 65.7 Å². The lowest BCUT2D eigenvalue weighted by Gasteiger charge is -2.29. The van der Waals surface area contributed by atoms with E-state index < -0.39 is 11.7 Å². The summed E-state index contributed by atoms with van der Waals surface area (Å²) in [5, 5.41) is 10.3. The predicted molar refractivity (Wildman–Crippen MR) is 102 cm³/mol. The second-order valence-corrected chi connectivity index (χ2v) is 6.99. The summed E-state index contributed by atoms with van der Waals surface area (Å²) in [6.45, 7) is 0.527. The summed E-state index contributed by atoms with van der Waals surface area (Å²) in [7, 11) is 1.59. The van der Waals surface area contributed by atoms with Crippen molar-refractivity contribution in [1.82, 2.24) is 14.9 Å². The quantitative estimate of drug-likeness (QED) is 0.656. The van der Waals surface area contributed by atoms with E-state index in [2.05, 4.69) is 10.2 Å². The minimum absolute atomic E-state index is 0.0103. The highest BCUT2D eigenvalue weighted by Gasteiger charge is 2.29. The van der Waals surface area contributed by atoms with Crippen LogP contribution in [0.4, 0.5) is 4.39 Å². The van der Waals surface area contributed by atoms with E-state index >= 15 is 0 Å². The molecule has 0 aliphatic carbocycles. The van der Waals surface area contributed by atoms with Crippen molar-refractivity contribution in [2.45, 2.75) is 11.8 Å². The lowest BCUT2D eigenvalue weighted by molar-refractivity contribution is 0.0948. The van der Waals surface area contributed by atoms with Crippen molar-refractivity contribution < 1.29 is 18.7 Å². The first-order chi connectivity index (χ1) is 13.7. The number of thioether (sulfide) groups is 1. The Morgan fingerprint density at radius 1 is 1.14 bits per heavy atom. The lowest BCUT2D eigenvalue weighted by atomic mass is 10.2. The summed E-state index contributed by atoms with van der Waals surface area (Å²) >= 11 is 1.49. The standard InChI is InChI=1S/C19H17FN4O3S/c1-26-13-6-8-14(9-7-13)27-12-17-21-22-19-24(17)23(10-11-28-19)18(25)15-4-2-3-5-16(15)20/h2-9H,10-12H2,1H3. The number of nitrogens with zero attached hydrogens (tertiary/aromatic N) is 4. The summed E-state index contributed by atoms with van der Waals surface area (Å²) in [4.78, 5) is 12.9. The Morgan fingerprint density at radius 2 is 1.89 bits per heavy atom. The molecule has 0 radical (unpaired) electrons. The predicted octanol–water partition coefficient (Wildman–Crippen LogP) is 2.89. The third kappa shape index (κ3) is 3.53. The summed E-state index contributed by atoms with van der Waals surface area (Å²) in [5.74, 6) is 1.47. The number of carbonyl (C=O) groups is 1. The van der Waals surface area contributed by atoms with Crippen LogP contribution >= 0.6 is 11.8 Å². The van der Waals surface area contributed by atoms with Gasteiger partial charge in [-0.3, -0.25) is 4.79 Å². The van der Waals surface area contributed by atoms with E-state index in [0.29, 0.717) is 29.0 Å². The van der Waals surface area contributed by atoms with Crippen LogP contribution in [0.3, 0.4) is 0 Å². The summed E-state index contributed by atoms with van der Waals surface area (Å²) in [5.41, 5.74) is 0.0103. The number of fused-ring (bicyclic) bond motifs is 1. The van der Waals surface area contributed by atoms with Crippen LogP contribution < -0.4 is 14.5 Å². The van der Waals surface area contributed by atoms with E-state index in [9.17, 15) is 9.18 Å². The molecule has 2 heterocycles. The van der Waals surface area contributed by atoms with Gasteiger partial charge in [0, 0.05) is 5.75 Å². The molecule has 0 spiro atoms. The van der Waals surface area contributed by atoms with Crippen molar-refractivity contribution in [2.24, 2.45) is 0 Å². The number of rotatable bonds is 5. The molecule has 3 aromatic rings. The first kappa shape index (κ1) is 18.3. The lowest BCUT2D eigenvalue weighted by Crippen LogP contribution is -2.46. The van der Waals surface area contributed by atoms with E-state index in [1.807, 2.05) is 0 Å². The van der Waals surface area contributed by atoms with Crippen LogP contribution in [0.15, 0.2) is 53.7 Å². The molecule has 0 N–H and O–H groups in total. The molecule has 0 bridgehead atoms. The van der Waals surface area contributed by atoms with Crippen LogP contribution in [-0.2, 0) is 6.61 Å². The van der Waals surface area contributed by atoms with Gasteiger partial charge in [0.15, 0.2) is 5.82 Å². The minimum atomic E-state index is -0.559. The summed E-state index contributed by atoms with van der Waals surface area (Å²) in [6, 6.07) is 13.1. The summed E-state index contributed by atoms with van der Waals surface area (Å²) in [6.07, 6.45) is 0. The zero-order chi connectivity index (χ0) is 19.5. The maximum atomic E-state index is 14.1. The molecule has 28 heavy (non-hydrogen) atoms. The van der Waals surface area contributed by atoms with Gasteiger partial charge in [-0.2, -0.15) is 0 Å². The van der Waals surface area contributed by atoms with Crippen LogP contribution in [-0.4, -0.2) is 40.2 Å². The van der Waals surface area contributed by atoms with Crippen LogP contribution in [0.1, 0.15) is 16.2 Å². The van der Waals surface area contributed by atoms with E-state index in [1.165, 1.54) is 28.9 Å². The molecule has 0 saturated carbocycles. The number of hydrogen-bond acceptors (Lipinski definition) is 6. The number of hydrogen-bond donors (Lipinski definition) is 0. The number of benzene rings is 2. The average Bonchev–Trinajstić information content (AvgIpc) is 3.16. The molecule has 1 amide bonds. The Balaban J connectivity index is 1.57. The third-order valence-electron chi connectivity index (χ3n) is 4.22. The molecule has 1 aliphatic heterocycles. The SMILES string of the molecule is COc1ccc(OCc2nnc3n2N(C(=O)c2ccccc2F)CCS3)cc1. The maximum absolute atomic E-state index is 14.1. The largest absolute Gasteiger partial charge is 0.497 e. The van der Waals surface area contributed by atoms with Gasteiger partial charge in [-0.15, -0.1) is 10.2 Å². The smallest absolute Gasteiger partial charge is 0.275 e. The molecule has 0 atom stereocenters. The van der Waals surface area contributed by atoms with Gasteiger partial charge in [0.05, 0.1) is 19.2 Å². The molecule has 4 rings (SSSR count). The Morgan fingerprint density at radius 3 is 2.64 bits per heavy atom. The monoisotopic (exact) mass is 400 g/mol. The Bertz CT molecular complexity index is 993. The van der Waals surface area contributed by atoms with Gasteiger partial charge in [0.25, 0.3) is 5.91 Å². The molecule has 0 fully saturated rings. The topological polar surface area (TPSA) is 69.5 Å². The fourth-order valence-electron chi connectivity index (χ4n) is 2.83. The number of methoxy groups -OCH3 is 1. The van der Waals surface area contributed by atoms with Crippen molar-refractivity contribution >= 4 is 17.7 Å². The van der Waals surface area contributed by atoms with Gasteiger partial charge in [0.1, 0.15) is 23.9 Å². The van der Waals surface area contributed by atoms with Crippen LogP contribution in [0.5, 0.6) is 11.5 Å². The van der Waals surface area contributed by atoms with Crippen molar-refractivity contribution in [3.63, 3.8) is 0 Å². The highest BCUT2D eigenvalue weighted by atomic mass is 32.2. The number of halogens is 1. The third-order valence-corrected chi connectivity index (χ3v) is 5.12. The Hall–Kier alpha value is -3.07. The van der Waals surface area contributed by atoms with Gasteiger partial charge in [-0.25, -0.2) is 14.1 Å². The van der Waals surface area contributed by atoms with Crippen molar-refractivity contribution in [1.29, 1.82) is 0 Å². The second kappa shape index (κ2) is 7.89. The van der Waals surface area contributed by atoms with Gasteiger partial charge >= 0.3 is 0 Å². The molecule has 0 unspecified atom stereocenters. The van der Waals surface area contributed by atoms with Crippen molar-refractivity contribution in [2.75, 3.05) is 24.4 Å². The van der Waals surface area contributed by atoms with E-state index in [1.54, 1.807) is 48.2 Å². The first-order valence-corrected chi connectivity index (χ1v) is 9.56. The zero-order valence-electron chi connectivity index (χ0n) is 15.0. The first-order valence-electron chi connectivity index (χ1n) is 8.58. The fourth-order valence-corrected chi connectivity index (χ4v) is 3.70. The number of carbonyl (C=O) groups excluding carboxylic acids is 1. The Kier molecular flexibility index (Phi) is 5.16. The summed E-state index contributed by atoms with van der Waals surface area (Å²) < 4.78 is 26.6. The number of ether oxygens (including phenoxy) is 2. The highest BCUT2D eigenvalue weighted by Crippen LogP contribution is 2.25. The van der Waals surface area contributed by atoms with Crippen LogP contribution in [0.25, 0.3) is 0 Å². The highest BCUT2D eigenvalue weighted by molar-refractivity contribution is 7.99. The molecule has 9 heteroatoms. The van der Waals surface area contributed by atoms with Crippen LogP contribution in [0.2, 0.25) is 0 Å². The van der Waals surface area contributed by atoms with E-state index in [-0.39, 0.29) is 12.2 Å².